The number of nitrogens with one attached hydrogen (secondary N) is 1. The van der Waals surface area contributed by atoms with Crippen molar-refractivity contribution in [3.05, 3.63) is 45.6 Å². The highest BCUT2D eigenvalue weighted by atomic mass is 16.6. The highest BCUT2D eigenvalue weighted by Crippen LogP contribution is 2.32. The average Bonchev–Trinajstić information content (AvgIpc) is 2.79. The van der Waals surface area contributed by atoms with Crippen LogP contribution >= 0.6 is 0 Å². The Kier molecular flexibility index (Phi) is 7.04. The van der Waals surface area contributed by atoms with Crippen molar-refractivity contribution in [2.45, 2.75) is 64.0 Å². The van der Waals surface area contributed by atoms with Crippen molar-refractivity contribution >= 4 is 23.1 Å². The van der Waals surface area contributed by atoms with Crippen molar-refractivity contribution in [1.29, 1.82) is 0 Å². The minimum Gasteiger partial charge on any atom is -0.378 e. The van der Waals surface area contributed by atoms with Crippen molar-refractivity contribution in [3.8, 4) is 0 Å². The fourth-order valence-corrected chi connectivity index (χ4v) is 4.88. The largest absolute Gasteiger partial charge is 0.378 e. The topological polar surface area (TPSA) is 136 Å². The van der Waals surface area contributed by atoms with E-state index in [1.54, 1.807) is 0 Å². The second-order valence-electron chi connectivity index (χ2n) is 9.00. The van der Waals surface area contributed by atoms with E-state index in [0.717, 1.165) is 44.3 Å². The zero-order valence-corrected chi connectivity index (χ0v) is 18.5. The third kappa shape index (κ3) is 5.27. The average molecular weight is 440 g/mol. The number of nitrogens with zero attached hydrogens (tertiary/aromatic N) is 4. The molecule has 9 heteroatoms. The summed E-state index contributed by atoms with van der Waals surface area (Å²) in [6.07, 6.45) is 8.01. The Labute approximate surface area is 188 Å². The molecule has 1 aromatic heterocycles. The summed E-state index contributed by atoms with van der Waals surface area (Å²) in [4.78, 5) is 22.3. The van der Waals surface area contributed by atoms with Crippen LogP contribution < -0.4 is 21.7 Å². The summed E-state index contributed by atoms with van der Waals surface area (Å²) in [6, 6.07) is 8.55. The third-order valence-electron chi connectivity index (χ3n) is 6.66. The van der Waals surface area contributed by atoms with E-state index < -0.39 is 4.92 Å². The van der Waals surface area contributed by atoms with Gasteiger partial charge < -0.3 is 21.7 Å². The van der Waals surface area contributed by atoms with E-state index in [0.29, 0.717) is 30.5 Å². The van der Waals surface area contributed by atoms with Gasteiger partial charge in [-0.2, -0.15) is 4.98 Å². The first-order valence-electron chi connectivity index (χ1n) is 11.6. The highest BCUT2D eigenvalue weighted by Gasteiger charge is 2.27. The van der Waals surface area contributed by atoms with Gasteiger partial charge >= 0.3 is 5.69 Å². The molecule has 9 nitrogen and oxygen atoms in total. The summed E-state index contributed by atoms with van der Waals surface area (Å²) in [5.41, 5.74) is 14.6. The molecule has 2 aromatic rings. The number of benzene rings is 1. The molecule has 2 heterocycles. The van der Waals surface area contributed by atoms with Crippen LogP contribution in [0.15, 0.2) is 24.3 Å². The summed E-state index contributed by atoms with van der Waals surface area (Å²) >= 11 is 0. The van der Waals surface area contributed by atoms with Gasteiger partial charge in [0, 0.05) is 31.4 Å². The molecule has 0 atom stereocenters. The quantitative estimate of drug-likeness (QED) is 0.439. The molecule has 0 unspecified atom stereocenters. The summed E-state index contributed by atoms with van der Waals surface area (Å²) in [6.45, 7) is 2.65. The smallest absolute Gasteiger partial charge is 0.332 e. The van der Waals surface area contributed by atoms with Crippen LogP contribution in [0.1, 0.15) is 56.2 Å². The molecule has 4 rings (SSSR count). The van der Waals surface area contributed by atoms with Crippen molar-refractivity contribution in [1.82, 2.24) is 9.97 Å². The number of rotatable bonds is 7. The predicted molar refractivity (Wildman–Crippen MR) is 127 cm³/mol. The third-order valence-corrected chi connectivity index (χ3v) is 6.66. The van der Waals surface area contributed by atoms with Crippen LogP contribution in [-0.4, -0.2) is 34.0 Å². The Hall–Kier alpha value is -2.94. The molecule has 1 aliphatic carbocycles. The number of nitro groups is 1. The summed E-state index contributed by atoms with van der Waals surface area (Å²) in [7, 11) is 0. The van der Waals surface area contributed by atoms with Crippen molar-refractivity contribution in [2.75, 3.05) is 29.0 Å². The maximum atomic E-state index is 11.6. The van der Waals surface area contributed by atoms with Gasteiger partial charge in [0.25, 0.3) is 0 Å². The molecule has 0 amide bonds. The molecule has 2 fully saturated rings. The normalized spacial score (nSPS) is 21.3. The SMILES string of the molecule is Nc1nc(NCc2ccccc2N2CCCCC2)nc(C[C@H]2CC[C@H](N)CC2)c1[N+](=O)[O-]. The van der Waals surface area contributed by atoms with E-state index in [2.05, 4.69) is 38.4 Å². The lowest BCUT2D eigenvalue weighted by Gasteiger charge is -2.30. The summed E-state index contributed by atoms with van der Waals surface area (Å²) in [5, 5.41) is 14.9. The number of aromatic nitrogens is 2. The van der Waals surface area contributed by atoms with E-state index >= 15 is 0 Å². The molecule has 0 spiro atoms. The first kappa shape index (κ1) is 22.3. The predicted octanol–water partition coefficient (Wildman–Crippen LogP) is 3.63. The van der Waals surface area contributed by atoms with Gasteiger partial charge in [-0.3, -0.25) is 10.1 Å². The Morgan fingerprint density at radius 2 is 1.81 bits per heavy atom. The minimum absolute atomic E-state index is 0.0840. The molecule has 5 N–H and O–H groups in total. The Bertz CT molecular complexity index is 938. The number of hydrogen-bond acceptors (Lipinski definition) is 8. The first-order valence-corrected chi connectivity index (χ1v) is 11.6. The van der Waals surface area contributed by atoms with E-state index in [1.165, 1.54) is 24.9 Å². The van der Waals surface area contributed by atoms with Crippen LogP contribution in [-0.2, 0) is 13.0 Å². The number of hydrogen-bond donors (Lipinski definition) is 3. The Morgan fingerprint density at radius 3 is 2.53 bits per heavy atom. The Morgan fingerprint density at radius 1 is 1.09 bits per heavy atom. The first-order chi connectivity index (χ1) is 15.5. The van der Waals surface area contributed by atoms with Crippen LogP contribution in [0.3, 0.4) is 0 Å². The van der Waals surface area contributed by atoms with Crippen molar-refractivity contribution < 1.29 is 4.92 Å². The van der Waals surface area contributed by atoms with E-state index in [1.807, 2.05) is 6.07 Å². The number of nitrogen functional groups attached to an aromatic ring is 1. The highest BCUT2D eigenvalue weighted by molar-refractivity contribution is 5.59. The van der Waals surface area contributed by atoms with E-state index in [4.69, 9.17) is 11.5 Å². The van der Waals surface area contributed by atoms with Gasteiger partial charge in [0.15, 0.2) is 0 Å². The second-order valence-corrected chi connectivity index (χ2v) is 9.00. The molecule has 0 bridgehead atoms. The summed E-state index contributed by atoms with van der Waals surface area (Å²) in [5.74, 6) is 0.582. The van der Waals surface area contributed by atoms with Crippen molar-refractivity contribution in [2.24, 2.45) is 11.7 Å². The van der Waals surface area contributed by atoms with Crippen LogP contribution in [0, 0.1) is 16.0 Å². The molecule has 1 aliphatic heterocycles. The number of piperidine rings is 1. The van der Waals surface area contributed by atoms with E-state index in [9.17, 15) is 10.1 Å². The number of anilines is 3. The molecular formula is C23H33N7O2. The van der Waals surface area contributed by atoms with Gasteiger partial charge in [-0.1, -0.05) is 18.2 Å². The lowest BCUT2D eigenvalue weighted by Crippen LogP contribution is -2.30. The van der Waals surface area contributed by atoms with Gasteiger partial charge in [0.05, 0.1) is 4.92 Å². The lowest BCUT2D eigenvalue weighted by atomic mass is 9.83. The zero-order chi connectivity index (χ0) is 22.5. The fraction of sp³-hybridized carbons (Fsp3) is 0.565. The maximum Gasteiger partial charge on any atom is 0.332 e. The van der Waals surface area contributed by atoms with E-state index in [-0.39, 0.29) is 17.5 Å². The van der Waals surface area contributed by atoms with Crippen LogP contribution in [0.25, 0.3) is 0 Å². The fourth-order valence-electron chi connectivity index (χ4n) is 4.88. The maximum absolute atomic E-state index is 11.6. The molecule has 0 radical (unpaired) electrons. The zero-order valence-electron chi connectivity index (χ0n) is 18.5. The summed E-state index contributed by atoms with van der Waals surface area (Å²) < 4.78 is 0. The molecule has 172 valence electrons. The second kappa shape index (κ2) is 10.1. The molecule has 1 aromatic carbocycles. The standard InChI is InChI=1S/C23H33N7O2/c24-18-10-8-16(9-11-18)14-19-21(30(31)32)22(25)28-23(27-19)26-15-17-6-2-3-7-20(17)29-12-4-1-5-13-29/h2-3,6-7,16,18H,1,4-5,8-15,24H2,(H3,25,26,27,28)/t16-,18-. The monoisotopic (exact) mass is 439 g/mol. The van der Waals surface area contributed by atoms with Gasteiger partial charge in [0.1, 0.15) is 5.69 Å². The van der Waals surface area contributed by atoms with Crippen LogP contribution in [0.4, 0.5) is 23.1 Å². The van der Waals surface area contributed by atoms with Gasteiger partial charge in [-0.25, -0.2) is 4.98 Å². The van der Waals surface area contributed by atoms with Gasteiger partial charge in [0.2, 0.25) is 11.8 Å². The van der Waals surface area contributed by atoms with Crippen LogP contribution in [0.2, 0.25) is 0 Å². The lowest BCUT2D eigenvalue weighted by molar-refractivity contribution is -0.385. The number of para-hydroxylation sites is 1. The molecule has 1 saturated carbocycles. The van der Waals surface area contributed by atoms with Gasteiger partial charge in [-0.15, -0.1) is 0 Å². The molecular weight excluding hydrogens is 406 g/mol. The van der Waals surface area contributed by atoms with Crippen molar-refractivity contribution in [3.63, 3.8) is 0 Å². The molecule has 1 saturated heterocycles. The molecule has 32 heavy (non-hydrogen) atoms. The van der Waals surface area contributed by atoms with Crippen LogP contribution in [0.5, 0.6) is 0 Å². The molecule has 2 aliphatic rings. The number of nitrogens with two attached hydrogens (primary N) is 2. The van der Waals surface area contributed by atoms with Gasteiger partial charge in [-0.05, 0) is 68.9 Å². The Balaban J connectivity index is 1.52. The minimum atomic E-state index is -0.464.